The number of carbonyl (C=O) groups is 3. The van der Waals surface area contributed by atoms with Crippen molar-refractivity contribution >= 4 is 29.7 Å². The van der Waals surface area contributed by atoms with Gasteiger partial charge in [0.05, 0.1) is 6.20 Å². The zero-order valence-electron chi connectivity index (χ0n) is 17.6. The highest BCUT2D eigenvalue weighted by atomic mass is 32.2. The molecule has 1 fully saturated rings. The van der Waals surface area contributed by atoms with Gasteiger partial charge in [-0.15, -0.1) is 11.8 Å². The Morgan fingerprint density at radius 1 is 0.938 bits per heavy atom. The van der Waals surface area contributed by atoms with Gasteiger partial charge >= 0.3 is 17.9 Å². The number of benzene rings is 1. The van der Waals surface area contributed by atoms with Crippen LogP contribution >= 0.6 is 11.8 Å². The number of halogens is 1. The van der Waals surface area contributed by atoms with Gasteiger partial charge < -0.3 is 18.9 Å². The highest BCUT2D eigenvalue weighted by molar-refractivity contribution is 7.99. The minimum absolute atomic E-state index is 0.247. The Morgan fingerprint density at radius 2 is 1.62 bits per heavy atom. The highest BCUT2D eigenvalue weighted by Crippen LogP contribution is 2.35. The third-order valence-corrected chi connectivity index (χ3v) is 5.64. The lowest BCUT2D eigenvalue weighted by molar-refractivity contribution is -0.186. The standard InChI is InChI=1S/C22H22FNO7S/c1-12(25)28-19-11-32-22(21(30-14(3)27)20(19)29-13(2)26)31-18-8-16(9-24-10-18)15-5-4-6-17(23)7-15/h4-10,19-22H,11H2,1-3H3/t19-,20+,21-,22-/m1/s1. The van der Waals surface area contributed by atoms with Gasteiger partial charge in [0, 0.05) is 38.3 Å². The summed E-state index contributed by atoms with van der Waals surface area (Å²) >= 11 is 1.24. The predicted octanol–water partition coefficient (Wildman–Crippen LogP) is 3.13. The molecule has 0 saturated carbocycles. The van der Waals surface area contributed by atoms with Crippen LogP contribution in [0.25, 0.3) is 11.1 Å². The quantitative estimate of drug-likeness (QED) is 0.472. The second-order valence-electron chi connectivity index (χ2n) is 7.04. The second-order valence-corrected chi connectivity index (χ2v) is 8.17. The number of esters is 3. The molecule has 0 amide bonds. The van der Waals surface area contributed by atoms with Crippen molar-refractivity contribution in [1.29, 1.82) is 0 Å². The van der Waals surface area contributed by atoms with Crippen molar-refractivity contribution in [2.24, 2.45) is 0 Å². The summed E-state index contributed by atoms with van der Waals surface area (Å²) in [7, 11) is 0. The lowest BCUT2D eigenvalue weighted by atomic mass is 10.1. The summed E-state index contributed by atoms with van der Waals surface area (Å²) in [4.78, 5) is 39.1. The Morgan fingerprint density at radius 3 is 2.28 bits per heavy atom. The van der Waals surface area contributed by atoms with Crippen LogP contribution in [0.1, 0.15) is 20.8 Å². The maximum absolute atomic E-state index is 13.6. The molecule has 1 aliphatic rings. The van der Waals surface area contributed by atoms with Gasteiger partial charge in [-0.25, -0.2) is 4.39 Å². The molecule has 170 valence electrons. The second kappa shape index (κ2) is 10.4. The molecule has 1 aromatic carbocycles. The van der Waals surface area contributed by atoms with Crippen LogP contribution in [0, 0.1) is 5.82 Å². The third kappa shape index (κ3) is 6.19. The number of nitrogens with zero attached hydrogens (tertiary/aromatic N) is 1. The monoisotopic (exact) mass is 463 g/mol. The van der Waals surface area contributed by atoms with Gasteiger partial charge in [0.2, 0.25) is 0 Å². The third-order valence-electron chi connectivity index (χ3n) is 4.43. The van der Waals surface area contributed by atoms with Crippen molar-refractivity contribution in [2.75, 3.05) is 5.75 Å². The maximum atomic E-state index is 13.6. The molecule has 0 spiro atoms. The topological polar surface area (TPSA) is 101 Å². The molecule has 8 nitrogen and oxygen atoms in total. The zero-order chi connectivity index (χ0) is 23.3. The van der Waals surface area contributed by atoms with Crippen LogP contribution in [0.2, 0.25) is 0 Å². The van der Waals surface area contributed by atoms with E-state index in [4.69, 9.17) is 18.9 Å². The first kappa shape index (κ1) is 23.5. The van der Waals surface area contributed by atoms with Gasteiger partial charge in [0.25, 0.3) is 0 Å². The number of carbonyl (C=O) groups excluding carboxylic acids is 3. The van der Waals surface area contributed by atoms with E-state index in [0.717, 1.165) is 0 Å². The van der Waals surface area contributed by atoms with Crippen LogP contribution in [0.4, 0.5) is 4.39 Å². The van der Waals surface area contributed by atoms with Crippen molar-refractivity contribution < 1.29 is 37.7 Å². The number of aromatic nitrogens is 1. The fraction of sp³-hybridized carbons (Fsp3) is 0.364. The van der Waals surface area contributed by atoms with Crippen LogP contribution in [0.15, 0.2) is 42.7 Å². The molecule has 0 bridgehead atoms. The SMILES string of the molecule is CC(=O)O[C@@H]1[C@@H](OC(C)=O)[C@H](OC(C)=O)CS[C@H]1Oc1cncc(-c2cccc(F)c2)c1. The molecule has 2 heterocycles. The van der Waals surface area contributed by atoms with Crippen LogP contribution < -0.4 is 4.74 Å². The highest BCUT2D eigenvalue weighted by Gasteiger charge is 2.47. The summed E-state index contributed by atoms with van der Waals surface area (Å²) in [6.07, 6.45) is 0.121. The summed E-state index contributed by atoms with van der Waals surface area (Å²) in [6, 6.07) is 7.71. The molecule has 32 heavy (non-hydrogen) atoms. The number of pyridine rings is 1. The Hall–Kier alpha value is -3.14. The summed E-state index contributed by atoms with van der Waals surface area (Å²) in [6.45, 7) is 3.66. The smallest absolute Gasteiger partial charge is 0.303 e. The van der Waals surface area contributed by atoms with E-state index in [1.54, 1.807) is 24.4 Å². The first-order chi connectivity index (χ1) is 15.2. The zero-order valence-corrected chi connectivity index (χ0v) is 18.5. The van der Waals surface area contributed by atoms with Gasteiger partial charge in [-0.05, 0) is 23.8 Å². The van der Waals surface area contributed by atoms with Crippen LogP contribution in [0.5, 0.6) is 5.75 Å². The molecule has 0 aliphatic carbocycles. The number of hydrogen-bond donors (Lipinski definition) is 0. The fourth-order valence-electron chi connectivity index (χ4n) is 3.25. The van der Waals surface area contributed by atoms with Gasteiger partial charge in [-0.2, -0.15) is 0 Å². The molecule has 0 radical (unpaired) electrons. The van der Waals surface area contributed by atoms with E-state index in [2.05, 4.69) is 4.98 Å². The summed E-state index contributed by atoms with van der Waals surface area (Å²) < 4.78 is 35.6. The minimum Gasteiger partial charge on any atom is -0.474 e. The number of rotatable bonds is 6. The normalized spacial score (nSPS) is 22.5. The average molecular weight is 463 g/mol. The molecule has 3 rings (SSSR count). The Balaban J connectivity index is 1.87. The van der Waals surface area contributed by atoms with E-state index < -0.39 is 41.7 Å². The van der Waals surface area contributed by atoms with E-state index in [0.29, 0.717) is 16.9 Å². The molecule has 2 aromatic rings. The number of thioether (sulfide) groups is 1. The number of ether oxygens (including phenoxy) is 4. The molecule has 0 unspecified atom stereocenters. The lowest BCUT2D eigenvalue weighted by Gasteiger charge is -2.39. The van der Waals surface area contributed by atoms with Gasteiger partial charge in [-0.1, -0.05) is 12.1 Å². The Labute approximate surface area is 188 Å². The van der Waals surface area contributed by atoms with Gasteiger partial charge in [0.1, 0.15) is 11.6 Å². The Bertz CT molecular complexity index is 1000. The summed E-state index contributed by atoms with van der Waals surface area (Å²) in [5.41, 5.74) is 0.462. The first-order valence-electron chi connectivity index (χ1n) is 9.74. The molecule has 1 aliphatic heterocycles. The molecule has 1 aromatic heterocycles. The number of hydrogen-bond acceptors (Lipinski definition) is 9. The summed E-state index contributed by atoms with van der Waals surface area (Å²) in [5, 5.41) is 0. The van der Waals surface area contributed by atoms with Gasteiger partial charge in [-0.3, -0.25) is 19.4 Å². The lowest BCUT2D eigenvalue weighted by Crippen LogP contribution is -2.55. The van der Waals surface area contributed by atoms with Crippen molar-refractivity contribution in [3.8, 4) is 16.9 Å². The molecule has 10 heteroatoms. The molecule has 4 atom stereocenters. The van der Waals surface area contributed by atoms with E-state index in [1.165, 1.54) is 50.9 Å². The first-order valence-corrected chi connectivity index (χ1v) is 10.8. The van der Waals surface area contributed by atoms with Crippen LogP contribution in [0.3, 0.4) is 0 Å². The summed E-state index contributed by atoms with van der Waals surface area (Å²) in [5.74, 6) is -1.58. The average Bonchev–Trinajstić information content (AvgIpc) is 2.71. The minimum atomic E-state index is -1.05. The Kier molecular flexibility index (Phi) is 7.68. The van der Waals surface area contributed by atoms with Crippen LogP contribution in [-0.2, 0) is 28.6 Å². The molecule has 1 saturated heterocycles. The largest absolute Gasteiger partial charge is 0.474 e. The molecular formula is C22H22FNO7S. The maximum Gasteiger partial charge on any atom is 0.303 e. The molecular weight excluding hydrogens is 441 g/mol. The fourth-order valence-corrected chi connectivity index (χ4v) is 4.47. The van der Waals surface area contributed by atoms with E-state index in [1.807, 2.05) is 0 Å². The van der Waals surface area contributed by atoms with E-state index in [-0.39, 0.29) is 11.6 Å². The van der Waals surface area contributed by atoms with Crippen molar-refractivity contribution in [1.82, 2.24) is 4.98 Å². The van der Waals surface area contributed by atoms with E-state index >= 15 is 0 Å². The predicted molar refractivity (Wildman–Crippen MR) is 113 cm³/mol. The van der Waals surface area contributed by atoms with Crippen molar-refractivity contribution in [2.45, 2.75) is 44.5 Å². The molecule has 0 N–H and O–H groups in total. The van der Waals surface area contributed by atoms with E-state index in [9.17, 15) is 18.8 Å². The van der Waals surface area contributed by atoms with Crippen LogP contribution in [-0.4, -0.2) is 52.4 Å². The van der Waals surface area contributed by atoms with Crippen molar-refractivity contribution in [3.05, 3.63) is 48.5 Å². The van der Waals surface area contributed by atoms with Gasteiger partial charge in [0.15, 0.2) is 23.7 Å². The van der Waals surface area contributed by atoms with Crippen molar-refractivity contribution in [3.63, 3.8) is 0 Å².